The molecule has 0 rings (SSSR count). The monoisotopic (exact) mass is 176 g/mol. The summed E-state index contributed by atoms with van der Waals surface area (Å²) in [6, 6.07) is 0. The van der Waals surface area contributed by atoms with E-state index >= 15 is 0 Å². The summed E-state index contributed by atoms with van der Waals surface area (Å²) in [7, 11) is 0. The fourth-order valence-corrected chi connectivity index (χ4v) is 0.742. The molecular weight excluding hydrogens is 162 g/mol. The van der Waals surface area contributed by atoms with E-state index in [1.54, 1.807) is 6.92 Å². The van der Waals surface area contributed by atoms with Crippen LogP contribution in [0.2, 0.25) is 0 Å². The first kappa shape index (κ1) is 11.3. The number of halogens is 2. The third kappa shape index (κ3) is 3.13. The summed E-state index contributed by atoms with van der Waals surface area (Å²) in [4.78, 5) is 0. The van der Waals surface area contributed by atoms with Crippen molar-refractivity contribution in [1.82, 2.24) is 0 Å². The first-order valence-electron chi connectivity index (χ1n) is 3.76. The highest BCUT2D eigenvalue weighted by molar-refractivity contribution is 4.94. The van der Waals surface area contributed by atoms with Gasteiger partial charge >= 0.3 is 0 Å². The molecule has 0 bridgehead atoms. The summed E-state index contributed by atoms with van der Waals surface area (Å²) in [5, 5.41) is 9.01. The molecule has 0 saturated heterocycles. The fourth-order valence-electron chi connectivity index (χ4n) is 0.742. The van der Waals surface area contributed by atoms with E-state index in [0.29, 0.717) is 6.08 Å². The van der Waals surface area contributed by atoms with Crippen LogP contribution in [0.25, 0.3) is 0 Å². The van der Waals surface area contributed by atoms with Gasteiger partial charge in [-0.15, -0.1) is 6.58 Å². The molecule has 0 aliphatic rings. The number of allylic oxidation sites excluding steroid dienone is 1. The summed E-state index contributed by atoms with van der Waals surface area (Å²) >= 11 is 0. The van der Waals surface area contributed by atoms with Gasteiger partial charge in [-0.3, -0.25) is 0 Å². The molecule has 2 atom stereocenters. The average Bonchev–Trinajstić information content (AvgIpc) is 2.04. The smallest absolute Gasteiger partial charge is 0.291 e. The Bertz CT molecular complexity index is 166. The summed E-state index contributed by atoms with van der Waals surface area (Å²) in [6.07, 6.45) is 0.335. The van der Waals surface area contributed by atoms with Gasteiger partial charge in [0.1, 0.15) is 6.10 Å². The van der Waals surface area contributed by atoms with Crippen molar-refractivity contribution in [1.29, 1.82) is 0 Å². The van der Waals surface area contributed by atoms with Gasteiger partial charge in [0.25, 0.3) is 5.92 Å². The van der Waals surface area contributed by atoms with Crippen molar-refractivity contribution in [3.05, 3.63) is 25.3 Å². The SMILES string of the molecule is C=CC(C)CC(O)C(F)(F)C=C. The maximum Gasteiger partial charge on any atom is 0.291 e. The van der Waals surface area contributed by atoms with Crippen LogP contribution in [0.1, 0.15) is 13.3 Å². The minimum atomic E-state index is -3.20. The summed E-state index contributed by atoms with van der Waals surface area (Å²) in [5.41, 5.74) is 0. The molecular formula is C9H14F2O. The van der Waals surface area contributed by atoms with Crippen molar-refractivity contribution >= 4 is 0 Å². The summed E-state index contributed by atoms with van der Waals surface area (Å²) < 4.78 is 25.3. The minimum Gasteiger partial charge on any atom is -0.386 e. The predicted molar refractivity (Wildman–Crippen MR) is 45.1 cm³/mol. The second-order valence-electron chi connectivity index (χ2n) is 2.84. The number of alkyl halides is 2. The van der Waals surface area contributed by atoms with Crippen LogP contribution in [-0.4, -0.2) is 17.1 Å². The Labute approximate surface area is 71.4 Å². The maximum atomic E-state index is 12.6. The molecule has 3 heteroatoms. The lowest BCUT2D eigenvalue weighted by Gasteiger charge is -2.20. The van der Waals surface area contributed by atoms with Crippen molar-refractivity contribution in [2.75, 3.05) is 0 Å². The van der Waals surface area contributed by atoms with Crippen LogP contribution in [0.3, 0.4) is 0 Å². The highest BCUT2D eigenvalue weighted by Crippen LogP contribution is 2.24. The van der Waals surface area contributed by atoms with Gasteiger partial charge in [-0.25, -0.2) is 0 Å². The van der Waals surface area contributed by atoms with E-state index in [9.17, 15) is 8.78 Å². The average molecular weight is 176 g/mol. The molecule has 0 saturated carbocycles. The second kappa shape index (κ2) is 4.36. The topological polar surface area (TPSA) is 20.2 Å². The number of aliphatic hydroxyl groups is 1. The number of aliphatic hydroxyl groups excluding tert-OH is 1. The molecule has 0 amide bonds. The lowest BCUT2D eigenvalue weighted by atomic mass is 10.00. The van der Waals surface area contributed by atoms with E-state index in [-0.39, 0.29) is 12.3 Å². The van der Waals surface area contributed by atoms with Crippen molar-refractivity contribution in [3.63, 3.8) is 0 Å². The van der Waals surface area contributed by atoms with E-state index in [1.165, 1.54) is 6.08 Å². The highest BCUT2D eigenvalue weighted by Gasteiger charge is 2.34. The Kier molecular flexibility index (Phi) is 4.10. The Morgan fingerprint density at radius 3 is 2.33 bits per heavy atom. The van der Waals surface area contributed by atoms with Crippen molar-refractivity contribution in [3.8, 4) is 0 Å². The zero-order chi connectivity index (χ0) is 9.78. The molecule has 70 valence electrons. The lowest BCUT2D eigenvalue weighted by molar-refractivity contribution is -0.0757. The minimum absolute atomic E-state index is 0.00250. The van der Waals surface area contributed by atoms with Crippen LogP contribution in [0, 0.1) is 5.92 Å². The third-order valence-electron chi connectivity index (χ3n) is 1.71. The predicted octanol–water partition coefficient (Wildman–Crippen LogP) is 2.38. The maximum absolute atomic E-state index is 12.6. The van der Waals surface area contributed by atoms with Gasteiger partial charge in [0, 0.05) is 0 Å². The lowest BCUT2D eigenvalue weighted by Crippen LogP contribution is -2.32. The van der Waals surface area contributed by atoms with Crippen molar-refractivity contribution in [2.45, 2.75) is 25.4 Å². The Morgan fingerprint density at radius 2 is 2.00 bits per heavy atom. The van der Waals surface area contributed by atoms with E-state index in [1.807, 2.05) is 0 Å². The second-order valence-corrected chi connectivity index (χ2v) is 2.84. The van der Waals surface area contributed by atoms with Crippen molar-refractivity contribution < 1.29 is 13.9 Å². The molecule has 0 fully saturated rings. The van der Waals surface area contributed by atoms with Gasteiger partial charge in [-0.1, -0.05) is 19.6 Å². The van der Waals surface area contributed by atoms with E-state index < -0.39 is 12.0 Å². The molecule has 2 unspecified atom stereocenters. The number of hydrogen-bond donors (Lipinski definition) is 1. The first-order valence-corrected chi connectivity index (χ1v) is 3.76. The molecule has 0 spiro atoms. The van der Waals surface area contributed by atoms with Crippen LogP contribution < -0.4 is 0 Å². The van der Waals surface area contributed by atoms with Gasteiger partial charge in [-0.05, 0) is 18.4 Å². The van der Waals surface area contributed by atoms with Gasteiger partial charge in [0.05, 0.1) is 0 Å². The van der Waals surface area contributed by atoms with Crippen LogP contribution >= 0.6 is 0 Å². The van der Waals surface area contributed by atoms with Gasteiger partial charge in [0.2, 0.25) is 0 Å². The molecule has 1 N–H and O–H groups in total. The molecule has 0 aromatic heterocycles. The van der Waals surface area contributed by atoms with Crippen molar-refractivity contribution in [2.24, 2.45) is 5.92 Å². The third-order valence-corrected chi connectivity index (χ3v) is 1.71. The Morgan fingerprint density at radius 1 is 1.50 bits per heavy atom. The quantitative estimate of drug-likeness (QED) is 0.637. The summed E-state index contributed by atoms with van der Waals surface area (Å²) in [5.74, 6) is -3.32. The van der Waals surface area contributed by atoms with E-state index in [2.05, 4.69) is 13.2 Å². The molecule has 1 nitrogen and oxygen atoms in total. The van der Waals surface area contributed by atoms with Gasteiger partial charge < -0.3 is 5.11 Å². The molecule has 0 aliphatic carbocycles. The molecule has 0 heterocycles. The largest absolute Gasteiger partial charge is 0.386 e. The van der Waals surface area contributed by atoms with Gasteiger partial charge in [-0.2, -0.15) is 8.78 Å². The first-order chi connectivity index (χ1) is 5.44. The Hall–Kier alpha value is -0.700. The van der Waals surface area contributed by atoms with E-state index in [0.717, 1.165) is 0 Å². The molecule has 0 aromatic rings. The normalized spacial score (nSPS) is 16.7. The Balaban J connectivity index is 4.10. The number of rotatable bonds is 5. The van der Waals surface area contributed by atoms with Crippen LogP contribution in [-0.2, 0) is 0 Å². The summed E-state index contributed by atoms with van der Waals surface area (Å²) in [6.45, 7) is 8.11. The molecule has 0 aliphatic heterocycles. The van der Waals surface area contributed by atoms with Gasteiger partial charge in [0.15, 0.2) is 0 Å². The van der Waals surface area contributed by atoms with Crippen LogP contribution in [0.5, 0.6) is 0 Å². The van der Waals surface area contributed by atoms with Crippen LogP contribution in [0.15, 0.2) is 25.3 Å². The molecule has 12 heavy (non-hydrogen) atoms. The zero-order valence-electron chi connectivity index (χ0n) is 7.13. The zero-order valence-corrected chi connectivity index (χ0v) is 7.13. The molecule has 0 radical (unpaired) electrons. The fraction of sp³-hybridized carbons (Fsp3) is 0.556. The highest BCUT2D eigenvalue weighted by atomic mass is 19.3. The standard InChI is InChI=1S/C9H14F2O/c1-4-7(3)6-8(12)9(10,11)5-2/h4-5,7-8,12H,1-2,6H2,3H3. The number of hydrogen-bond acceptors (Lipinski definition) is 1. The van der Waals surface area contributed by atoms with E-state index in [4.69, 9.17) is 5.11 Å². The van der Waals surface area contributed by atoms with Crippen LogP contribution in [0.4, 0.5) is 8.78 Å². The molecule has 0 aromatic carbocycles.